The molecule has 1 saturated heterocycles. The molecule has 0 bridgehead atoms. The highest BCUT2D eigenvalue weighted by Gasteiger charge is 2.73. The topological polar surface area (TPSA) is 210 Å². The zero-order chi connectivity index (χ0) is 41.6. The number of esters is 2. The third-order valence-corrected chi connectivity index (χ3v) is 16.7. The first-order valence-electron chi connectivity index (χ1n) is 20.6. The van der Waals surface area contributed by atoms with Crippen molar-refractivity contribution >= 4 is 17.9 Å². The summed E-state index contributed by atoms with van der Waals surface area (Å²) in [5.41, 5.74) is -2.48. The van der Waals surface area contributed by atoms with E-state index in [2.05, 4.69) is 26.8 Å². The molecule has 316 valence electrons. The van der Waals surface area contributed by atoms with Crippen molar-refractivity contribution in [3.63, 3.8) is 0 Å². The molecule has 56 heavy (non-hydrogen) atoms. The number of aliphatic hydroxyl groups is 5. The lowest BCUT2D eigenvalue weighted by Gasteiger charge is -2.71. The number of carbonyl (C=O) groups is 3. The van der Waals surface area contributed by atoms with Crippen molar-refractivity contribution in [2.24, 2.45) is 50.2 Å². The standard InChI is InChI=1S/C43H66O13/c1-10-22(2)35(50)56-33-34(53-23(3)46)43(37(51)52)18-17-41(8)24(25(43)19-38(33,4)5)11-12-28-39(6)15-14-29(40(7,21-45)27(39)13-16-42(28,41)9)55-36-32(49)31(48)30(47)26(20-44)54-36/h10-11,25-34,36,44-45,47-49H,12-21H2,1-9H3,(H,51,52). The fourth-order valence-electron chi connectivity index (χ4n) is 13.2. The van der Waals surface area contributed by atoms with Gasteiger partial charge in [-0.3, -0.25) is 9.59 Å². The summed E-state index contributed by atoms with van der Waals surface area (Å²) >= 11 is 0. The van der Waals surface area contributed by atoms with E-state index in [1.54, 1.807) is 19.9 Å². The lowest BCUT2D eigenvalue weighted by atomic mass is 9.33. The summed E-state index contributed by atoms with van der Waals surface area (Å²) < 4.78 is 24.3. The Morgan fingerprint density at radius 3 is 2.14 bits per heavy atom. The molecule has 13 nitrogen and oxygen atoms in total. The smallest absolute Gasteiger partial charge is 0.333 e. The molecule has 1 aliphatic heterocycles. The number of aliphatic hydroxyl groups excluding tert-OH is 5. The van der Waals surface area contributed by atoms with Gasteiger partial charge in [-0.1, -0.05) is 59.3 Å². The summed E-state index contributed by atoms with van der Waals surface area (Å²) in [5.74, 6) is -2.57. The first-order valence-corrected chi connectivity index (χ1v) is 20.6. The molecule has 0 aromatic heterocycles. The Balaban J connectivity index is 1.36. The number of ether oxygens (including phenoxy) is 4. The van der Waals surface area contributed by atoms with Crippen LogP contribution in [0.25, 0.3) is 0 Å². The van der Waals surface area contributed by atoms with E-state index in [0.717, 1.165) is 24.8 Å². The molecule has 0 aromatic carbocycles. The summed E-state index contributed by atoms with van der Waals surface area (Å²) in [4.78, 5) is 39.8. The minimum absolute atomic E-state index is 0.00000586. The number of carboxylic acid groups (broad SMARTS) is 1. The van der Waals surface area contributed by atoms with E-state index in [-0.39, 0.29) is 35.7 Å². The van der Waals surface area contributed by atoms with Gasteiger partial charge in [-0.25, -0.2) is 4.79 Å². The Bertz CT molecular complexity index is 1620. The Kier molecular flexibility index (Phi) is 11.3. The van der Waals surface area contributed by atoms with Gasteiger partial charge in [0.2, 0.25) is 0 Å². The number of hydrogen-bond donors (Lipinski definition) is 6. The molecule has 1 heterocycles. The lowest BCUT2D eigenvalue weighted by molar-refractivity contribution is -0.333. The number of aliphatic carboxylic acids is 1. The first-order chi connectivity index (χ1) is 26.0. The van der Waals surface area contributed by atoms with Gasteiger partial charge in [0.05, 0.1) is 19.3 Å². The van der Waals surface area contributed by atoms with Gasteiger partial charge in [-0.15, -0.1) is 0 Å². The summed E-state index contributed by atoms with van der Waals surface area (Å²) in [5, 5.41) is 63.8. The molecule has 0 aromatic rings. The highest BCUT2D eigenvalue weighted by molar-refractivity contribution is 5.88. The van der Waals surface area contributed by atoms with E-state index >= 15 is 0 Å². The van der Waals surface area contributed by atoms with Gasteiger partial charge in [0, 0.05) is 29.2 Å². The number of allylic oxidation sites excluding steroid dienone is 3. The van der Waals surface area contributed by atoms with Gasteiger partial charge in [-0.2, -0.15) is 0 Å². The molecule has 6 N–H and O–H groups in total. The minimum atomic E-state index is -1.57. The maximum Gasteiger partial charge on any atom is 0.333 e. The van der Waals surface area contributed by atoms with Crippen molar-refractivity contribution in [2.45, 2.75) is 163 Å². The molecular weight excluding hydrogens is 724 g/mol. The molecule has 16 atom stereocenters. The van der Waals surface area contributed by atoms with Crippen LogP contribution < -0.4 is 0 Å². The molecule has 6 aliphatic rings. The largest absolute Gasteiger partial charge is 0.481 e. The number of carboxylic acids is 1. The zero-order valence-corrected chi connectivity index (χ0v) is 34.6. The molecule has 5 aliphatic carbocycles. The van der Waals surface area contributed by atoms with Crippen LogP contribution in [0, 0.1) is 50.2 Å². The molecule has 0 amide bonds. The second-order valence-corrected chi connectivity index (χ2v) is 19.7. The number of fused-ring (bicyclic) bond motifs is 7. The van der Waals surface area contributed by atoms with Crippen molar-refractivity contribution in [3.8, 4) is 0 Å². The van der Waals surface area contributed by atoms with Crippen LogP contribution in [0.3, 0.4) is 0 Å². The Morgan fingerprint density at radius 2 is 1.55 bits per heavy atom. The van der Waals surface area contributed by atoms with Crippen LogP contribution in [-0.2, 0) is 33.3 Å². The third kappa shape index (κ3) is 6.15. The van der Waals surface area contributed by atoms with Crippen LogP contribution in [0.4, 0.5) is 0 Å². The van der Waals surface area contributed by atoms with Crippen molar-refractivity contribution in [1.82, 2.24) is 0 Å². The molecular formula is C43H66O13. The van der Waals surface area contributed by atoms with E-state index in [1.807, 2.05) is 20.8 Å². The number of carbonyl (C=O) groups excluding carboxylic acids is 2. The van der Waals surface area contributed by atoms with Gasteiger partial charge < -0.3 is 49.6 Å². The Labute approximate surface area is 330 Å². The van der Waals surface area contributed by atoms with Gasteiger partial charge in [0.15, 0.2) is 12.4 Å². The molecule has 16 unspecified atom stereocenters. The molecule has 0 spiro atoms. The van der Waals surface area contributed by atoms with Crippen LogP contribution >= 0.6 is 0 Å². The zero-order valence-electron chi connectivity index (χ0n) is 34.6. The maximum atomic E-state index is 13.8. The highest BCUT2D eigenvalue weighted by atomic mass is 16.7. The predicted octanol–water partition coefficient (Wildman–Crippen LogP) is 4.06. The van der Waals surface area contributed by atoms with E-state index in [9.17, 15) is 45.0 Å². The van der Waals surface area contributed by atoms with Gasteiger partial charge >= 0.3 is 17.9 Å². The molecule has 5 fully saturated rings. The van der Waals surface area contributed by atoms with Crippen LogP contribution in [0.5, 0.6) is 0 Å². The van der Waals surface area contributed by atoms with Crippen molar-refractivity contribution in [3.05, 3.63) is 23.3 Å². The summed E-state index contributed by atoms with van der Waals surface area (Å²) in [6.07, 6.45) is -1.13. The van der Waals surface area contributed by atoms with E-state index in [4.69, 9.17) is 18.9 Å². The van der Waals surface area contributed by atoms with E-state index in [1.165, 1.54) is 6.92 Å². The summed E-state index contributed by atoms with van der Waals surface area (Å²) in [6, 6.07) is 0. The molecule has 0 radical (unpaired) electrons. The Hall–Kier alpha value is -2.39. The molecule has 6 rings (SSSR count). The lowest BCUT2D eigenvalue weighted by Crippen LogP contribution is -2.70. The average molecular weight is 791 g/mol. The summed E-state index contributed by atoms with van der Waals surface area (Å²) in [7, 11) is 0. The van der Waals surface area contributed by atoms with Gasteiger partial charge in [0.25, 0.3) is 0 Å². The monoisotopic (exact) mass is 790 g/mol. The predicted molar refractivity (Wildman–Crippen MR) is 202 cm³/mol. The molecule has 13 heteroatoms. The van der Waals surface area contributed by atoms with Gasteiger partial charge in [-0.05, 0) is 93.3 Å². The normalized spacial score (nSPS) is 48.6. The SMILES string of the molecule is CC=C(C)C(=O)OC1C(OC(C)=O)C2(C(=O)O)CCC3(C)C(=CCC4C5(C)CCC(OC6OC(CO)C(O)C(O)C6O)C(C)(CO)C5CCC43C)C2CC1(C)C. The molecule has 4 saturated carbocycles. The van der Waals surface area contributed by atoms with Gasteiger partial charge in [0.1, 0.15) is 35.9 Å². The minimum Gasteiger partial charge on any atom is -0.481 e. The van der Waals surface area contributed by atoms with Crippen LogP contribution in [0.2, 0.25) is 0 Å². The fraction of sp³-hybridized carbons (Fsp3) is 0.837. The van der Waals surface area contributed by atoms with Crippen molar-refractivity contribution in [2.75, 3.05) is 13.2 Å². The van der Waals surface area contributed by atoms with Crippen molar-refractivity contribution < 1.29 is 64.0 Å². The quantitative estimate of drug-likeness (QED) is 0.0889. The Morgan fingerprint density at radius 1 is 0.875 bits per heavy atom. The van der Waals surface area contributed by atoms with Crippen LogP contribution in [0.1, 0.15) is 114 Å². The van der Waals surface area contributed by atoms with Crippen LogP contribution in [-0.4, -0.2) is 111 Å². The first kappa shape index (κ1) is 43.2. The van der Waals surface area contributed by atoms with E-state index < -0.39 is 101 Å². The van der Waals surface area contributed by atoms with Crippen molar-refractivity contribution in [1.29, 1.82) is 0 Å². The fourth-order valence-corrected chi connectivity index (χ4v) is 13.2. The van der Waals surface area contributed by atoms with E-state index in [0.29, 0.717) is 31.3 Å². The summed E-state index contributed by atoms with van der Waals surface area (Å²) in [6.45, 7) is 16.8. The second kappa shape index (κ2) is 14.7. The number of hydrogen-bond acceptors (Lipinski definition) is 12. The maximum absolute atomic E-state index is 13.8. The number of rotatable bonds is 8. The van der Waals surface area contributed by atoms with Crippen LogP contribution in [0.15, 0.2) is 23.3 Å². The third-order valence-electron chi connectivity index (χ3n) is 16.7. The second-order valence-electron chi connectivity index (χ2n) is 19.7. The highest BCUT2D eigenvalue weighted by Crippen LogP contribution is 2.76. The average Bonchev–Trinajstić information content (AvgIpc) is 3.13.